The zero-order chi connectivity index (χ0) is 19.1. The first kappa shape index (κ1) is 16.9. The number of fused-ring (bicyclic) bond motifs is 2. The Kier molecular flexibility index (Phi) is 4.03. The fourth-order valence-corrected chi connectivity index (χ4v) is 6.12. The fraction of sp³-hybridized carbons (Fsp3) is 0. The predicted molar refractivity (Wildman–Crippen MR) is 117 cm³/mol. The Balaban J connectivity index is 1.84. The van der Waals surface area contributed by atoms with Crippen molar-refractivity contribution in [3.05, 3.63) is 91.8 Å². The second-order valence-corrected chi connectivity index (χ2v) is 8.49. The third kappa shape index (κ3) is 2.48. The van der Waals surface area contributed by atoms with E-state index in [1.54, 1.807) is 6.08 Å². The van der Waals surface area contributed by atoms with E-state index in [-0.39, 0.29) is 0 Å². The molecule has 5 rings (SSSR count). The van der Waals surface area contributed by atoms with Crippen molar-refractivity contribution >= 4 is 57.9 Å². The van der Waals surface area contributed by atoms with Crippen molar-refractivity contribution in [2.45, 2.75) is 0 Å². The van der Waals surface area contributed by atoms with Crippen molar-refractivity contribution in [2.75, 3.05) is 0 Å². The van der Waals surface area contributed by atoms with Crippen LogP contribution in [0.3, 0.4) is 0 Å². The molecule has 136 valence electrons. The Labute approximate surface area is 163 Å². The Bertz CT molecular complexity index is 1240. The maximum atomic E-state index is 5.88. The molecule has 2 aromatic carbocycles. The summed E-state index contributed by atoms with van der Waals surface area (Å²) in [6, 6.07) is 16.2. The Morgan fingerprint density at radius 3 is 1.71 bits per heavy atom. The summed E-state index contributed by atoms with van der Waals surface area (Å²) in [5, 5.41) is 5.50. The van der Waals surface area contributed by atoms with E-state index in [2.05, 4.69) is 25.3 Å². The minimum atomic E-state index is -0.983. The molecule has 0 spiro atoms. The van der Waals surface area contributed by atoms with Crippen LogP contribution in [-0.4, -0.2) is 0 Å². The van der Waals surface area contributed by atoms with Gasteiger partial charge in [-0.3, -0.25) is 0 Å². The smallest absolute Gasteiger partial charge is 0.134 e. The number of hydrogen-bond acceptors (Lipinski definition) is 3. The zero-order valence-corrected chi connectivity index (χ0v) is 16.0. The SMILES string of the molecule is C=Cc1occ(P(c2coc3ccccc23)c2coc3ccccc23)c1C=C. The lowest BCUT2D eigenvalue weighted by molar-refractivity contribution is 0.558. The van der Waals surface area contributed by atoms with Crippen LogP contribution in [0.25, 0.3) is 34.1 Å². The van der Waals surface area contributed by atoms with Gasteiger partial charge in [0.2, 0.25) is 0 Å². The molecule has 28 heavy (non-hydrogen) atoms. The molecule has 0 aliphatic rings. The largest absolute Gasteiger partial charge is 0.464 e. The van der Waals surface area contributed by atoms with E-state index < -0.39 is 7.92 Å². The van der Waals surface area contributed by atoms with Gasteiger partial charge in [0.05, 0.1) is 0 Å². The highest BCUT2D eigenvalue weighted by molar-refractivity contribution is 7.80. The van der Waals surface area contributed by atoms with Gasteiger partial charge >= 0.3 is 0 Å². The minimum absolute atomic E-state index is 0.720. The van der Waals surface area contributed by atoms with Gasteiger partial charge in [0.15, 0.2) is 0 Å². The van der Waals surface area contributed by atoms with Gasteiger partial charge in [-0.2, -0.15) is 0 Å². The van der Waals surface area contributed by atoms with Crippen LogP contribution < -0.4 is 15.9 Å². The highest BCUT2D eigenvalue weighted by Gasteiger charge is 2.28. The summed E-state index contributed by atoms with van der Waals surface area (Å²) < 4.78 is 17.6. The number of hydrogen-bond donors (Lipinski definition) is 0. The first-order valence-corrected chi connectivity index (χ1v) is 10.2. The first-order chi connectivity index (χ1) is 13.8. The van der Waals surface area contributed by atoms with E-state index in [1.807, 2.05) is 61.3 Å². The molecular weight excluding hydrogens is 367 g/mol. The molecule has 0 aliphatic carbocycles. The lowest BCUT2D eigenvalue weighted by atomic mass is 10.2. The van der Waals surface area contributed by atoms with Gasteiger partial charge in [-0.1, -0.05) is 55.6 Å². The van der Waals surface area contributed by atoms with Gasteiger partial charge in [0.1, 0.15) is 35.7 Å². The first-order valence-electron chi connectivity index (χ1n) is 8.90. The Hall–Kier alpha value is -3.29. The second kappa shape index (κ2) is 6.70. The summed E-state index contributed by atoms with van der Waals surface area (Å²) in [6.07, 6.45) is 9.06. The van der Waals surface area contributed by atoms with E-state index in [4.69, 9.17) is 13.3 Å². The molecule has 0 saturated heterocycles. The summed E-state index contributed by atoms with van der Waals surface area (Å²) in [5.41, 5.74) is 2.69. The molecular formula is C24H17O3P. The number of benzene rings is 2. The molecule has 0 amide bonds. The van der Waals surface area contributed by atoms with Crippen molar-refractivity contribution in [3.8, 4) is 0 Å². The lowest BCUT2D eigenvalue weighted by Gasteiger charge is -2.15. The van der Waals surface area contributed by atoms with Crippen molar-refractivity contribution < 1.29 is 13.3 Å². The van der Waals surface area contributed by atoms with Crippen LogP contribution >= 0.6 is 7.92 Å². The fourth-order valence-electron chi connectivity index (χ4n) is 3.57. The van der Waals surface area contributed by atoms with Crippen LogP contribution in [0, 0.1) is 0 Å². The molecule has 0 bridgehead atoms. The summed E-state index contributed by atoms with van der Waals surface area (Å²) >= 11 is 0. The van der Waals surface area contributed by atoms with E-state index >= 15 is 0 Å². The second-order valence-electron chi connectivity index (χ2n) is 6.38. The monoisotopic (exact) mass is 384 g/mol. The van der Waals surface area contributed by atoms with Gasteiger partial charge in [0.25, 0.3) is 0 Å². The van der Waals surface area contributed by atoms with E-state index in [0.717, 1.165) is 49.2 Å². The van der Waals surface area contributed by atoms with E-state index in [1.165, 1.54) is 0 Å². The summed E-state index contributed by atoms with van der Waals surface area (Å²) in [4.78, 5) is 0. The van der Waals surface area contributed by atoms with Crippen molar-refractivity contribution in [2.24, 2.45) is 0 Å². The van der Waals surface area contributed by atoms with Gasteiger partial charge in [-0.05, 0) is 26.1 Å². The minimum Gasteiger partial charge on any atom is -0.464 e. The molecule has 0 aliphatic heterocycles. The predicted octanol–water partition coefficient (Wildman–Crippen LogP) is 5.82. The average molecular weight is 384 g/mol. The van der Waals surface area contributed by atoms with E-state index in [0.29, 0.717) is 0 Å². The third-order valence-electron chi connectivity index (χ3n) is 4.87. The van der Waals surface area contributed by atoms with Crippen LogP contribution in [0.5, 0.6) is 0 Å². The molecule has 3 aromatic heterocycles. The van der Waals surface area contributed by atoms with Crippen molar-refractivity contribution in [3.63, 3.8) is 0 Å². The molecule has 0 saturated carbocycles. The molecule has 3 heterocycles. The molecule has 4 heteroatoms. The highest BCUT2D eigenvalue weighted by Crippen LogP contribution is 2.41. The molecule has 0 unspecified atom stereocenters. The zero-order valence-electron chi connectivity index (χ0n) is 15.1. The summed E-state index contributed by atoms with van der Waals surface area (Å²) in [5.74, 6) is 0.720. The normalized spacial score (nSPS) is 11.5. The molecule has 0 fully saturated rings. The maximum absolute atomic E-state index is 5.88. The van der Waals surface area contributed by atoms with Gasteiger partial charge in [0, 0.05) is 32.2 Å². The quantitative estimate of drug-likeness (QED) is 0.359. The Morgan fingerprint density at radius 2 is 1.18 bits per heavy atom. The molecule has 0 radical (unpaired) electrons. The van der Waals surface area contributed by atoms with Crippen LogP contribution in [0.1, 0.15) is 11.3 Å². The molecule has 3 nitrogen and oxygen atoms in total. The maximum Gasteiger partial charge on any atom is 0.134 e. The van der Waals surface area contributed by atoms with Gasteiger partial charge in [-0.25, -0.2) is 0 Å². The van der Waals surface area contributed by atoms with E-state index in [9.17, 15) is 0 Å². The number of para-hydroxylation sites is 2. The molecule has 0 atom stereocenters. The van der Waals surface area contributed by atoms with Gasteiger partial charge < -0.3 is 13.3 Å². The lowest BCUT2D eigenvalue weighted by Crippen LogP contribution is -2.20. The van der Waals surface area contributed by atoms with Crippen LogP contribution in [0.15, 0.2) is 93.7 Å². The Morgan fingerprint density at radius 1 is 0.643 bits per heavy atom. The third-order valence-corrected chi connectivity index (χ3v) is 7.36. The van der Waals surface area contributed by atoms with Crippen molar-refractivity contribution in [1.82, 2.24) is 0 Å². The number of furan rings is 3. The highest BCUT2D eigenvalue weighted by atomic mass is 31.1. The van der Waals surface area contributed by atoms with Crippen LogP contribution in [0.4, 0.5) is 0 Å². The molecule has 5 aromatic rings. The molecule has 0 N–H and O–H groups in total. The summed E-state index contributed by atoms with van der Waals surface area (Å²) in [6.45, 7) is 7.86. The number of rotatable bonds is 5. The topological polar surface area (TPSA) is 39.4 Å². The van der Waals surface area contributed by atoms with Crippen LogP contribution in [-0.2, 0) is 0 Å². The standard InChI is InChI=1S/C24H17O3P/c1-3-16-19(4-2)25-13-22(16)28(23-14-26-20-11-7-5-9-17(20)23)24-15-27-21-12-8-6-10-18(21)24/h3-15H,1-2H2. The average Bonchev–Trinajstić information content (AvgIpc) is 3.46. The summed E-state index contributed by atoms with van der Waals surface area (Å²) in [7, 11) is -0.983. The van der Waals surface area contributed by atoms with Crippen LogP contribution in [0.2, 0.25) is 0 Å². The van der Waals surface area contributed by atoms with Crippen molar-refractivity contribution in [1.29, 1.82) is 0 Å². The van der Waals surface area contributed by atoms with Gasteiger partial charge in [-0.15, -0.1) is 0 Å².